The molecule has 0 radical (unpaired) electrons. The number of amides is 1. The minimum Gasteiger partial charge on any atom is -0.370 e. The molecule has 1 atom stereocenters. The summed E-state index contributed by atoms with van der Waals surface area (Å²) >= 11 is 0. The molecule has 2 nitrogen and oxygen atoms in total. The van der Waals surface area contributed by atoms with E-state index in [4.69, 9.17) is 5.73 Å². The number of primary amides is 1. The lowest BCUT2D eigenvalue weighted by Gasteiger charge is -2.14. The van der Waals surface area contributed by atoms with Crippen molar-refractivity contribution in [2.45, 2.75) is 32.1 Å². The fourth-order valence-electron chi connectivity index (χ4n) is 1.71. The Hall–Kier alpha value is -1.38. The van der Waals surface area contributed by atoms with Gasteiger partial charge in [0, 0.05) is 6.42 Å². The number of benzene rings is 1. The second-order valence-electron chi connectivity index (χ2n) is 3.71. The standard InChI is InChI=1S/C12H16FNO/c1-2-3-10(8-12(14)15)9-4-6-11(13)7-5-9/h4-7,10H,2-3,8H2,1H3,(H2,14,15). The zero-order chi connectivity index (χ0) is 11.3. The Morgan fingerprint density at radius 3 is 2.47 bits per heavy atom. The number of halogens is 1. The Bertz CT molecular complexity index is 321. The van der Waals surface area contributed by atoms with Crippen molar-refractivity contribution in [3.8, 4) is 0 Å². The Balaban J connectivity index is 2.78. The first-order valence-corrected chi connectivity index (χ1v) is 5.17. The van der Waals surface area contributed by atoms with Crippen LogP contribution in [-0.4, -0.2) is 5.91 Å². The predicted molar refractivity (Wildman–Crippen MR) is 57.9 cm³/mol. The van der Waals surface area contributed by atoms with Crippen molar-refractivity contribution in [1.82, 2.24) is 0 Å². The molecule has 0 aromatic heterocycles. The van der Waals surface area contributed by atoms with Crippen LogP contribution in [0.3, 0.4) is 0 Å². The van der Waals surface area contributed by atoms with E-state index in [1.54, 1.807) is 12.1 Å². The molecular weight excluding hydrogens is 193 g/mol. The molecule has 1 unspecified atom stereocenters. The molecule has 1 amide bonds. The number of hydrogen-bond acceptors (Lipinski definition) is 1. The number of rotatable bonds is 5. The maximum Gasteiger partial charge on any atom is 0.218 e. The second-order valence-corrected chi connectivity index (χ2v) is 3.71. The van der Waals surface area contributed by atoms with Crippen LogP contribution in [0, 0.1) is 5.82 Å². The van der Waals surface area contributed by atoms with Crippen LogP contribution in [0.5, 0.6) is 0 Å². The van der Waals surface area contributed by atoms with Crippen molar-refractivity contribution in [1.29, 1.82) is 0 Å². The van der Waals surface area contributed by atoms with Gasteiger partial charge in [-0.15, -0.1) is 0 Å². The summed E-state index contributed by atoms with van der Waals surface area (Å²) < 4.78 is 12.7. The van der Waals surface area contributed by atoms with Gasteiger partial charge >= 0.3 is 0 Å². The molecule has 0 spiro atoms. The van der Waals surface area contributed by atoms with Crippen molar-refractivity contribution in [3.05, 3.63) is 35.6 Å². The lowest BCUT2D eigenvalue weighted by Crippen LogP contribution is -2.15. The van der Waals surface area contributed by atoms with Gasteiger partial charge < -0.3 is 5.73 Å². The molecule has 0 aliphatic rings. The zero-order valence-corrected chi connectivity index (χ0v) is 8.87. The summed E-state index contributed by atoms with van der Waals surface area (Å²) in [5, 5.41) is 0. The minimum atomic E-state index is -0.308. The monoisotopic (exact) mass is 209 g/mol. The van der Waals surface area contributed by atoms with Crippen LogP contribution in [0.2, 0.25) is 0 Å². The van der Waals surface area contributed by atoms with Crippen LogP contribution in [0.15, 0.2) is 24.3 Å². The predicted octanol–water partition coefficient (Wildman–Crippen LogP) is 2.58. The molecule has 1 aromatic carbocycles. The van der Waals surface area contributed by atoms with Gasteiger partial charge in [0.05, 0.1) is 0 Å². The van der Waals surface area contributed by atoms with Crippen LogP contribution >= 0.6 is 0 Å². The lowest BCUT2D eigenvalue weighted by atomic mass is 9.91. The van der Waals surface area contributed by atoms with Gasteiger partial charge in [-0.1, -0.05) is 25.5 Å². The van der Waals surface area contributed by atoms with Gasteiger partial charge in [0.1, 0.15) is 5.82 Å². The van der Waals surface area contributed by atoms with Gasteiger partial charge in [-0.2, -0.15) is 0 Å². The number of carbonyl (C=O) groups is 1. The first kappa shape index (κ1) is 11.7. The molecule has 0 aliphatic heterocycles. The first-order valence-electron chi connectivity index (χ1n) is 5.17. The molecule has 0 aliphatic carbocycles. The van der Waals surface area contributed by atoms with E-state index in [0.717, 1.165) is 18.4 Å². The van der Waals surface area contributed by atoms with E-state index in [1.807, 2.05) is 0 Å². The largest absolute Gasteiger partial charge is 0.370 e. The van der Waals surface area contributed by atoms with Crippen LogP contribution in [-0.2, 0) is 4.79 Å². The zero-order valence-electron chi connectivity index (χ0n) is 8.87. The van der Waals surface area contributed by atoms with Gasteiger partial charge in [-0.05, 0) is 30.0 Å². The molecular formula is C12H16FNO. The number of carbonyl (C=O) groups excluding carboxylic acids is 1. The van der Waals surface area contributed by atoms with Gasteiger partial charge in [-0.3, -0.25) is 4.79 Å². The fourth-order valence-corrected chi connectivity index (χ4v) is 1.71. The maximum atomic E-state index is 12.7. The quantitative estimate of drug-likeness (QED) is 0.795. The van der Waals surface area contributed by atoms with Crippen molar-refractivity contribution in [3.63, 3.8) is 0 Å². The van der Waals surface area contributed by atoms with E-state index in [-0.39, 0.29) is 17.6 Å². The lowest BCUT2D eigenvalue weighted by molar-refractivity contribution is -0.118. The third-order valence-corrected chi connectivity index (χ3v) is 2.43. The van der Waals surface area contributed by atoms with Crippen molar-refractivity contribution < 1.29 is 9.18 Å². The molecule has 2 N–H and O–H groups in total. The molecule has 15 heavy (non-hydrogen) atoms. The van der Waals surface area contributed by atoms with E-state index in [1.165, 1.54) is 12.1 Å². The molecule has 3 heteroatoms. The van der Waals surface area contributed by atoms with Crippen molar-refractivity contribution >= 4 is 5.91 Å². The van der Waals surface area contributed by atoms with Crippen LogP contribution in [0.1, 0.15) is 37.7 Å². The van der Waals surface area contributed by atoms with Gasteiger partial charge in [-0.25, -0.2) is 4.39 Å². The summed E-state index contributed by atoms with van der Waals surface area (Å²) in [5.41, 5.74) is 6.16. The normalized spacial score (nSPS) is 12.4. The first-order chi connectivity index (χ1) is 7.13. The van der Waals surface area contributed by atoms with Gasteiger partial charge in [0.25, 0.3) is 0 Å². The maximum absolute atomic E-state index is 12.7. The highest BCUT2D eigenvalue weighted by Crippen LogP contribution is 2.24. The minimum absolute atomic E-state index is 0.119. The van der Waals surface area contributed by atoms with Crippen LogP contribution in [0.25, 0.3) is 0 Å². The second kappa shape index (κ2) is 5.49. The third-order valence-electron chi connectivity index (χ3n) is 2.43. The van der Waals surface area contributed by atoms with Gasteiger partial charge in [0.15, 0.2) is 0 Å². The molecule has 0 saturated heterocycles. The van der Waals surface area contributed by atoms with Crippen molar-refractivity contribution in [2.75, 3.05) is 0 Å². The summed E-state index contributed by atoms with van der Waals surface area (Å²) in [6.45, 7) is 2.05. The molecule has 1 rings (SSSR count). The summed E-state index contributed by atoms with van der Waals surface area (Å²) in [4.78, 5) is 10.9. The summed E-state index contributed by atoms with van der Waals surface area (Å²) in [5.74, 6) is -0.445. The van der Waals surface area contributed by atoms with E-state index in [0.29, 0.717) is 6.42 Å². The average molecular weight is 209 g/mol. The van der Waals surface area contributed by atoms with Crippen molar-refractivity contribution in [2.24, 2.45) is 5.73 Å². The molecule has 0 heterocycles. The molecule has 1 aromatic rings. The van der Waals surface area contributed by atoms with E-state index < -0.39 is 0 Å². The highest BCUT2D eigenvalue weighted by Gasteiger charge is 2.13. The smallest absolute Gasteiger partial charge is 0.218 e. The Morgan fingerprint density at radius 2 is 2.00 bits per heavy atom. The SMILES string of the molecule is CCCC(CC(N)=O)c1ccc(F)cc1. The highest BCUT2D eigenvalue weighted by molar-refractivity contribution is 5.74. The molecule has 82 valence electrons. The van der Waals surface area contributed by atoms with Crippen LogP contribution in [0.4, 0.5) is 4.39 Å². The number of nitrogens with two attached hydrogens (primary N) is 1. The summed E-state index contributed by atoms with van der Waals surface area (Å²) in [6, 6.07) is 6.27. The van der Waals surface area contributed by atoms with E-state index >= 15 is 0 Å². The third kappa shape index (κ3) is 3.70. The van der Waals surface area contributed by atoms with Crippen LogP contribution < -0.4 is 5.73 Å². The number of hydrogen-bond donors (Lipinski definition) is 1. The van der Waals surface area contributed by atoms with E-state index in [2.05, 4.69) is 6.92 Å². The summed E-state index contributed by atoms with van der Waals surface area (Å²) in [6.07, 6.45) is 2.21. The molecule has 0 bridgehead atoms. The molecule has 0 saturated carbocycles. The van der Waals surface area contributed by atoms with E-state index in [9.17, 15) is 9.18 Å². The highest BCUT2D eigenvalue weighted by atomic mass is 19.1. The topological polar surface area (TPSA) is 43.1 Å². The Morgan fingerprint density at radius 1 is 1.40 bits per heavy atom. The summed E-state index contributed by atoms with van der Waals surface area (Å²) in [7, 11) is 0. The molecule has 0 fully saturated rings. The Labute approximate surface area is 89.3 Å². The fraction of sp³-hybridized carbons (Fsp3) is 0.417. The van der Waals surface area contributed by atoms with Gasteiger partial charge in [0.2, 0.25) is 5.91 Å². The average Bonchev–Trinajstić information content (AvgIpc) is 2.17. The Kier molecular flexibility index (Phi) is 4.28.